The molecule has 4 heteroatoms. The lowest BCUT2D eigenvalue weighted by molar-refractivity contribution is -0.143. The minimum absolute atomic E-state index is 0.0997. The van der Waals surface area contributed by atoms with E-state index < -0.39 is 0 Å². The number of rotatable bonds is 7. The molecule has 0 aliphatic carbocycles. The van der Waals surface area contributed by atoms with Gasteiger partial charge < -0.3 is 4.74 Å². The first kappa shape index (κ1) is 13.1. The Kier molecular flexibility index (Phi) is 8.08. The number of azo groups is 1. The number of carbonyl (C=O) groups is 1. The van der Waals surface area contributed by atoms with Crippen molar-refractivity contribution in [2.75, 3.05) is 13.7 Å². The topological polar surface area (TPSA) is 51.0 Å². The van der Waals surface area contributed by atoms with E-state index in [2.05, 4.69) is 10.2 Å². The van der Waals surface area contributed by atoms with Crippen LogP contribution in [0.3, 0.4) is 0 Å². The molecule has 1 atom stereocenters. The molecule has 0 aromatic heterocycles. The highest BCUT2D eigenvalue weighted by atomic mass is 16.5. The Hall–Kier alpha value is -0.930. The molecule has 0 N–H and O–H groups in total. The van der Waals surface area contributed by atoms with Gasteiger partial charge in [0.25, 0.3) is 0 Å². The number of ether oxygens (including phenoxy) is 1. The Morgan fingerprint density at radius 3 is 2.71 bits per heavy atom. The van der Waals surface area contributed by atoms with Gasteiger partial charge in [-0.1, -0.05) is 6.42 Å². The minimum Gasteiger partial charge on any atom is -0.466 e. The molecule has 0 aromatic carbocycles. The highest BCUT2D eigenvalue weighted by molar-refractivity contribution is 5.69. The Morgan fingerprint density at radius 1 is 1.43 bits per heavy atom. The second kappa shape index (κ2) is 8.66. The standard InChI is InChI=1S/C10H20N2O2/c1-4-14-10(13)8-6-5-7-9(2)12-11-3/h9H,4-8H2,1-3H3/t9-/m1/s1. The van der Waals surface area contributed by atoms with Crippen LogP contribution < -0.4 is 0 Å². The molecule has 0 saturated carbocycles. The van der Waals surface area contributed by atoms with Crippen molar-refractivity contribution < 1.29 is 9.53 Å². The van der Waals surface area contributed by atoms with Crippen LogP contribution in [0, 0.1) is 0 Å². The first-order chi connectivity index (χ1) is 6.70. The predicted octanol–water partition coefficient (Wildman–Crippen LogP) is 2.58. The van der Waals surface area contributed by atoms with Gasteiger partial charge in [-0.15, -0.1) is 0 Å². The van der Waals surface area contributed by atoms with Crippen molar-refractivity contribution in [3.63, 3.8) is 0 Å². The molecule has 0 bridgehead atoms. The van der Waals surface area contributed by atoms with Gasteiger partial charge in [0.15, 0.2) is 0 Å². The number of hydrogen-bond donors (Lipinski definition) is 0. The maximum atomic E-state index is 10.9. The van der Waals surface area contributed by atoms with Crippen LogP contribution >= 0.6 is 0 Å². The predicted molar refractivity (Wildman–Crippen MR) is 55.3 cm³/mol. The molecule has 0 saturated heterocycles. The van der Waals surface area contributed by atoms with E-state index in [-0.39, 0.29) is 12.0 Å². The fourth-order valence-electron chi connectivity index (χ4n) is 1.20. The van der Waals surface area contributed by atoms with Crippen LogP contribution in [-0.2, 0) is 9.53 Å². The van der Waals surface area contributed by atoms with Crippen LogP contribution in [0.4, 0.5) is 0 Å². The van der Waals surface area contributed by atoms with Crippen LogP contribution in [0.5, 0.6) is 0 Å². The molecule has 4 nitrogen and oxygen atoms in total. The third kappa shape index (κ3) is 7.71. The summed E-state index contributed by atoms with van der Waals surface area (Å²) in [6.45, 7) is 4.32. The fraction of sp³-hybridized carbons (Fsp3) is 0.900. The first-order valence-corrected chi connectivity index (χ1v) is 5.15. The SMILES string of the molecule is CCOC(=O)CCCC[C@@H](C)N=NC. The zero-order valence-corrected chi connectivity index (χ0v) is 9.32. The van der Waals surface area contributed by atoms with Crippen molar-refractivity contribution in [2.45, 2.75) is 45.6 Å². The van der Waals surface area contributed by atoms with Crippen molar-refractivity contribution >= 4 is 5.97 Å². The normalized spacial score (nSPS) is 13.1. The largest absolute Gasteiger partial charge is 0.466 e. The highest BCUT2D eigenvalue weighted by Gasteiger charge is 2.03. The van der Waals surface area contributed by atoms with Gasteiger partial charge in [0, 0.05) is 13.5 Å². The van der Waals surface area contributed by atoms with E-state index in [9.17, 15) is 4.79 Å². The quantitative estimate of drug-likeness (QED) is 0.360. The molecule has 0 amide bonds. The molecule has 0 rings (SSSR count). The fourth-order valence-corrected chi connectivity index (χ4v) is 1.20. The average molecular weight is 200 g/mol. The summed E-state index contributed by atoms with van der Waals surface area (Å²) in [7, 11) is 1.68. The number of nitrogens with zero attached hydrogens (tertiary/aromatic N) is 2. The number of esters is 1. The van der Waals surface area contributed by atoms with Crippen molar-refractivity contribution in [1.29, 1.82) is 0 Å². The van der Waals surface area contributed by atoms with E-state index >= 15 is 0 Å². The maximum Gasteiger partial charge on any atom is 0.305 e. The Morgan fingerprint density at radius 2 is 2.14 bits per heavy atom. The van der Waals surface area contributed by atoms with Gasteiger partial charge in [0.05, 0.1) is 12.6 Å². The molecule has 0 aliphatic heterocycles. The summed E-state index contributed by atoms with van der Waals surface area (Å²) < 4.78 is 4.82. The van der Waals surface area contributed by atoms with E-state index in [0.717, 1.165) is 19.3 Å². The molecule has 0 aromatic rings. The molecule has 0 unspecified atom stereocenters. The third-order valence-electron chi connectivity index (χ3n) is 1.87. The Bertz CT molecular complexity index is 181. The number of hydrogen-bond acceptors (Lipinski definition) is 4. The molecule has 0 fully saturated rings. The van der Waals surface area contributed by atoms with Crippen molar-refractivity contribution in [1.82, 2.24) is 0 Å². The molecule has 14 heavy (non-hydrogen) atoms. The first-order valence-electron chi connectivity index (χ1n) is 5.15. The second-order valence-corrected chi connectivity index (χ2v) is 3.22. The monoisotopic (exact) mass is 200 g/mol. The summed E-state index contributed by atoms with van der Waals surface area (Å²) in [4.78, 5) is 10.9. The van der Waals surface area contributed by atoms with E-state index in [0.29, 0.717) is 13.0 Å². The highest BCUT2D eigenvalue weighted by Crippen LogP contribution is 2.07. The summed E-state index contributed by atoms with van der Waals surface area (Å²) in [5, 5.41) is 7.70. The Balaban J connectivity index is 3.32. The van der Waals surface area contributed by atoms with Gasteiger partial charge in [0.1, 0.15) is 0 Å². The van der Waals surface area contributed by atoms with E-state index in [1.165, 1.54) is 0 Å². The lowest BCUT2D eigenvalue weighted by atomic mass is 10.1. The van der Waals surface area contributed by atoms with Crippen LogP contribution in [0.2, 0.25) is 0 Å². The van der Waals surface area contributed by atoms with Crippen LogP contribution in [0.25, 0.3) is 0 Å². The van der Waals surface area contributed by atoms with Gasteiger partial charge in [-0.2, -0.15) is 10.2 Å². The van der Waals surface area contributed by atoms with Crippen LogP contribution in [0.15, 0.2) is 10.2 Å². The van der Waals surface area contributed by atoms with Crippen molar-refractivity contribution in [3.05, 3.63) is 0 Å². The van der Waals surface area contributed by atoms with Crippen molar-refractivity contribution in [2.24, 2.45) is 10.2 Å². The second-order valence-electron chi connectivity index (χ2n) is 3.22. The molecule has 0 spiro atoms. The van der Waals surface area contributed by atoms with E-state index in [1.54, 1.807) is 7.05 Å². The van der Waals surface area contributed by atoms with Crippen LogP contribution in [0.1, 0.15) is 39.5 Å². The zero-order valence-electron chi connectivity index (χ0n) is 9.32. The third-order valence-corrected chi connectivity index (χ3v) is 1.87. The summed E-state index contributed by atoms with van der Waals surface area (Å²) in [6, 6.07) is 0.266. The molecular weight excluding hydrogens is 180 g/mol. The zero-order chi connectivity index (χ0) is 10.8. The maximum absolute atomic E-state index is 10.9. The summed E-state index contributed by atoms with van der Waals surface area (Å²) in [5.74, 6) is -0.0997. The summed E-state index contributed by atoms with van der Waals surface area (Å²) in [5.41, 5.74) is 0. The van der Waals surface area contributed by atoms with Gasteiger partial charge in [-0.3, -0.25) is 4.79 Å². The van der Waals surface area contributed by atoms with E-state index in [4.69, 9.17) is 4.74 Å². The van der Waals surface area contributed by atoms with Crippen molar-refractivity contribution in [3.8, 4) is 0 Å². The number of unbranched alkanes of at least 4 members (excludes halogenated alkanes) is 1. The van der Waals surface area contributed by atoms with Gasteiger partial charge in [0.2, 0.25) is 0 Å². The van der Waals surface area contributed by atoms with Gasteiger partial charge >= 0.3 is 5.97 Å². The minimum atomic E-state index is -0.0997. The molecule has 82 valence electrons. The summed E-state index contributed by atoms with van der Waals surface area (Å²) >= 11 is 0. The smallest absolute Gasteiger partial charge is 0.305 e. The van der Waals surface area contributed by atoms with E-state index in [1.807, 2.05) is 13.8 Å². The summed E-state index contributed by atoms with van der Waals surface area (Å²) in [6.07, 6.45) is 3.38. The number of carbonyl (C=O) groups excluding carboxylic acids is 1. The molecule has 0 radical (unpaired) electrons. The lowest BCUT2D eigenvalue weighted by Crippen LogP contribution is -2.04. The Labute approximate surface area is 85.7 Å². The average Bonchev–Trinajstić information content (AvgIpc) is 2.13. The molecule has 0 aliphatic rings. The van der Waals surface area contributed by atoms with Gasteiger partial charge in [-0.05, 0) is 26.7 Å². The molecular formula is C10H20N2O2. The van der Waals surface area contributed by atoms with Gasteiger partial charge in [-0.25, -0.2) is 0 Å². The van der Waals surface area contributed by atoms with Crippen LogP contribution in [-0.4, -0.2) is 25.7 Å². The molecule has 0 heterocycles. The lowest BCUT2D eigenvalue weighted by Gasteiger charge is -2.04.